The Hall–Kier alpha value is -1.86. The summed E-state index contributed by atoms with van der Waals surface area (Å²) in [6.07, 6.45) is 2.04. The molecule has 0 radical (unpaired) electrons. The fraction of sp³-hybridized carbons (Fsp3) is 0.333. The van der Waals surface area contributed by atoms with Gasteiger partial charge < -0.3 is 9.47 Å². The molecule has 1 unspecified atom stereocenters. The van der Waals surface area contributed by atoms with Crippen molar-refractivity contribution in [3.63, 3.8) is 0 Å². The largest absolute Gasteiger partial charge is 0.437 e. The number of hydrogen-bond acceptors (Lipinski definition) is 5. The molecule has 1 saturated heterocycles. The first-order valence-electron chi connectivity index (χ1n) is 8.24. The number of hydrogen-bond donors (Lipinski definition) is 2. The molecule has 0 saturated carbocycles. The number of rotatable bonds is 5. The van der Waals surface area contributed by atoms with Gasteiger partial charge in [-0.05, 0) is 44.0 Å². The number of aryl methyl sites for hydroxylation is 1. The van der Waals surface area contributed by atoms with Crippen LogP contribution in [0.5, 0.6) is 11.6 Å². The van der Waals surface area contributed by atoms with Crippen molar-refractivity contribution in [2.75, 3.05) is 13.2 Å². The number of nitrogens with one attached hydrogen (secondary N) is 1. The number of amidine groups is 1. The summed E-state index contributed by atoms with van der Waals surface area (Å²) in [6, 6.07) is 8.50. The van der Waals surface area contributed by atoms with Gasteiger partial charge in [-0.25, -0.2) is 4.98 Å². The Morgan fingerprint density at radius 3 is 2.96 bits per heavy atom. The number of ether oxygens (including phenoxy) is 2. The standard InChI is InChI=1S/C18H19Cl2N3O3/c1-11-4-6-14(17(23-24)21-10-13-3-2-8-25-13)18(22-11)26-16-9-12(19)5-7-15(16)20/h4-7,9,13,24H,2-3,8,10H2,1H3,(H,21,23). The molecule has 6 nitrogen and oxygen atoms in total. The summed E-state index contributed by atoms with van der Waals surface area (Å²) in [6.45, 7) is 3.02. The summed E-state index contributed by atoms with van der Waals surface area (Å²) in [4.78, 5) is 8.82. The Labute approximate surface area is 161 Å². The van der Waals surface area contributed by atoms with E-state index in [4.69, 9.17) is 32.7 Å². The van der Waals surface area contributed by atoms with E-state index in [1.54, 1.807) is 30.3 Å². The average Bonchev–Trinajstić information content (AvgIpc) is 3.13. The van der Waals surface area contributed by atoms with Crippen molar-refractivity contribution in [3.8, 4) is 11.6 Å². The molecule has 2 aromatic rings. The van der Waals surface area contributed by atoms with Crippen LogP contribution in [0, 0.1) is 6.92 Å². The second-order valence-corrected chi connectivity index (χ2v) is 6.76. The Kier molecular flexibility index (Phi) is 6.32. The minimum absolute atomic E-state index is 0.0588. The van der Waals surface area contributed by atoms with E-state index in [-0.39, 0.29) is 17.8 Å². The van der Waals surface area contributed by atoms with Gasteiger partial charge in [0.2, 0.25) is 5.88 Å². The minimum Gasteiger partial charge on any atom is -0.437 e. The van der Waals surface area contributed by atoms with Crippen molar-refractivity contribution in [2.24, 2.45) is 4.99 Å². The average molecular weight is 396 g/mol. The summed E-state index contributed by atoms with van der Waals surface area (Å²) in [5.41, 5.74) is 3.38. The van der Waals surface area contributed by atoms with Crippen LogP contribution in [0.15, 0.2) is 35.3 Å². The quantitative estimate of drug-likeness (QED) is 0.445. The molecule has 1 aromatic heterocycles. The Morgan fingerprint density at radius 2 is 2.23 bits per heavy atom. The van der Waals surface area contributed by atoms with E-state index in [0.29, 0.717) is 27.9 Å². The van der Waals surface area contributed by atoms with Gasteiger partial charge in [-0.3, -0.25) is 15.7 Å². The van der Waals surface area contributed by atoms with Gasteiger partial charge in [-0.2, -0.15) is 0 Å². The highest BCUT2D eigenvalue weighted by atomic mass is 35.5. The van der Waals surface area contributed by atoms with Crippen molar-refractivity contribution in [3.05, 3.63) is 51.6 Å². The molecule has 1 aliphatic heterocycles. The van der Waals surface area contributed by atoms with Gasteiger partial charge in [-0.1, -0.05) is 23.2 Å². The van der Waals surface area contributed by atoms with Crippen molar-refractivity contribution < 1.29 is 14.7 Å². The molecule has 2 heterocycles. The summed E-state index contributed by atoms with van der Waals surface area (Å²) in [7, 11) is 0. The fourth-order valence-corrected chi connectivity index (χ4v) is 2.93. The first kappa shape index (κ1) is 18.9. The highest BCUT2D eigenvalue weighted by Gasteiger charge is 2.18. The lowest BCUT2D eigenvalue weighted by molar-refractivity contribution is 0.117. The first-order valence-corrected chi connectivity index (χ1v) is 8.99. The number of nitrogens with zero attached hydrogens (tertiary/aromatic N) is 2. The minimum atomic E-state index is 0.0588. The number of benzene rings is 1. The van der Waals surface area contributed by atoms with Crippen LogP contribution in [0.2, 0.25) is 10.0 Å². The molecule has 0 spiro atoms. The highest BCUT2D eigenvalue weighted by molar-refractivity contribution is 6.34. The maximum absolute atomic E-state index is 9.56. The molecule has 3 rings (SSSR count). The number of aromatic nitrogens is 1. The molecular formula is C18H19Cl2N3O3. The normalized spacial score (nSPS) is 17.4. The van der Waals surface area contributed by atoms with E-state index in [2.05, 4.69) is 15.5 Å². The maximum atomic E-state index is 9.56. The molecule has 1 fully saturated rings. The van der Waals surface area contributed by atoms with Crippen molar-refractivity contribution in [1.82, 2.24) is 10.5 Å². The monoisotopic (exact) mass is 395 g/mol. The van der Waals surface area contributed by atoms with Crippen LogP contribution in [0.4, 0.5) is 0 Å². The SMILES string of the molecule is Cc1ccc(C(=NCC2CCCO2)NO)c(Oc2cc(Cl)ccc2Cl)n1. The summed E-state index contributed by atoms with van der Waals surface area (Å²) < 4.78 is 11.4. The van der Waals surface area contributed by atoms with Crippen LogP contribution in [-0.2, 0) is 4.74 Å². The van der Waals surface area contributed by atoms with Gasteiger partial charge in [0.1, 0.15) is 5.75 Å². The Balaban J connectivity index is 1.91. The van der Waals surface area contributed by atoms with E-state index in [9.17, 15) is 5.21 Å². The van der Waals surface area contributed by atoms with Gasteiger partial charge in [-0.15, -0.1) is 0 Å². The second-order valence-electron chi connectivity index (χ2n) is 5.92. The third-order valence-electron chi connectivity index (χ3n) is 3.94. The van der Waals surface area contributed by atoms with Crippen LogP contribution >= 0.6 is 23.2 Å². The van der Waals surface area contributed by atoms with Crippen LogP contribution in [-0.4, -0.2) is 35.3 Å². The zero-order chi connectivity index (χ0) is 18.5. The molecular weight excluding hydrogens is 377 g/mol. The topological polar surface area (TPSA) is 76.0 Å². The van der Waals surface area contributed by atoms with Crippen molar-refractivity contribution in [1.29, 1.82) is 0 Å². The van der Waals surface area contributed by atoms with E-state index in [0.717, 1.165) is 25.1 Å². The summed E-state index contributed by atoms with van der Waals surface area (Å²) >= 11 is 12.2. The third kappa shape index (κ3) is 4.65. The van der Waals surface area contributed by atoms with E-state index < -0.39 is 0 Å². The van der Waals surface area contributed by atoms with Crippen molar-refractivity contribution in [2.45, 2.75) is 25.9 Å². The maximum Gasteiger partial charge on any atom is 0.230 e. The van der Waals surface area contributed by atoms with Gasteiger partial charge in [0.05, 0.1) is 23.2 Å². The van der Waals surface area contributed by atoms with Gasteiger partial charge in [0.25, 0.3) is 0 Å². The number of hydroxylamine groups is 1. The Morgan fingerprint density at radius 1 is 1.38 bits per heavy atom. The molecule has 0 aliphatic carbocycles. The fourth-order valence-electron chi connectivity index (χ4n) is 2.61. The second kappa shape index (κ2) is 8.68. The van der Waals surface area contributed by atoms with Crippen LogP contribution in [0.25, 0.3) is 0 Å². The molecule has 26 heavy (non-hydrogen) atoms. The number of aliphatic imine (C=N–C) groups is 1. The molecule has 8 heteroatoms. The highest BCUT2D eigenvalue weighted by Crippen LogP contribution is 2.32. The van der Waals surface area contributed by atoms with Gasteiger partial charge in [0.15, 0.2) is 5.84 Å². The number of halogens is 2. The molecule has 1 aromatic carbocycles. The van der Waals surface area contributed by atoms with Gasteiger partial charge in [0, 0.05) is 23.4 Å². The number of pyridine rings is 1. The molecule has 0 bridgehead atoms. The predicted octanol–water partition coefficient (Wildman–Crippen LogP) is 4.39. The lowest BCUT2D eigenvalue weighted by Crippen LogP contribution is -2.23. The Bertz CT molecular complexity index is 808. The van der Waals surface area contributed by atoms with Crippen LogP contribution < -0.4 is 10.2 Å². The summed E-state index contributed by atoms with van der Waals surface area (Å²) in [5.74, 6) is 0.887. The predicted molar refractivity (Wildman–Crippen MR) is 101 cm³/mol. The van der Waals surface area contributed by atoms with E-state index >= 15 is 0 Å². The lowest BCUT2D eigenvalue weighted by atomic mass is 10.2. The summed E-state index contributed by atoms with van der Waals surface area (Å²) in [5, 5.41) is 10.5. The molecule has 2 N–H and O–H groups in total. The molecule has 138 valence electrons. The first-order chi connectivity index (χ1) is 12.6. The smallest absolute Gasteiger partial charge is 0.230 e. The van der Waals surface area contributed by atoms with Crippen LogP contribution in [0.3, 0.4) is 0 Å². The van der Waals surface area contributed by atoms with Crippen LogP contribution in [0.1, 0.15) is 24.1 Å². The van der Waals surface area contributed by atoms with E-state index in [1.165, 1.54) is 0 Å². The van der Waals surface area contributed by atoms with Crippen molar-refractivity contribution >= 4 is 29.0 Å². The molecule has 0 amide bonds. The van der Waals surface area contributed by atoms with Gasteiger partial charge >= 0.3 is 0 Å². The van der Waals surface area contributed by atoms with E-state index in [1.807, 2.05) is 6.92 Å². The zero-order valence-electron chi connectivity index (χ0n) is 14.2. The lowest BCUT2D eigenvalue weighted by Gasteiger charge is -2.14. The molecule has 1 aliphatic rings. The third-order valence-corrected chi connectivity index (χ3v) is 4.48. The molecule has 1 atom stereocenters. The zero-order valence-corrected chi connectivity index (χ0v) is 15.7.